The zero-order valence-electron chi connectivity index (χ0n) is 18.2. The molecular formula is C21H34N2O6. The van der Waals surface area contributed by atoms with Gasteiger partial charge < -0.3 is 20.1 Å². The number of hydrogen-bond acceptors (Lipinski definition) is 6. The van der Waals surface area contributed by atoms with Gasteiger partial charge in [-0.15, -0.1) is 0 Å². The van der Waals surface area contributed by atoms with E-state index in [0.29, 0.717) is 0 Å². The Labute approximate surface area is 172 Å². The van der Waals surface area contributed by atoms with Gasteiger partial charge in [-0.3, -0.25) is 14.4 Å². The molecule has 29 heavy (non-hydrogen) atoms. The number of ether oxygens (including phenoxy) is 2. The lowest BCUT2D eigenvalue weighted by atomic mass is 9.82. The van der Waals surface area contributed by atoms with Crippen molar-refractivity contribution in [2.75, 3.05) is 6.61 Å². The highest BCUT2D eigenvalue weighted by molar-refractivity contribution is 5.97. The summed E-state index contributed by atoms with van der Waals surface area (Å²) in [7, 11) is 0. The van der Waals surface area contributed by atoms with Crippen LogP contribution in [-0.4, -0.2) is 48.5 Å². The predicted molar refractivity (Wildman–Crippen MR) is 108 cm³/mol. The molecule has 0 aromatic carbocycles. The van der Waals surface area contributed by atoms with Gasteiger partial charge in [-0.05, 0) is 17.8 Å². The van der Waals surface area contributed by atoms with Crippen molar-refractivity contribution in [3.05, 3.63) is 12.7 Å². The van der Waals surface area contributed by atoms with Gasteiger partial charge in [-0.2, -0.15) is 0 Å². The largest absolute Gasteiger partial charge is 0.460 e. The van der Waals surface area contributed by atoms with Crippen LogP contribution in [0.3, 0.4) is 0 Å². The quantitative estimate of drug-likeness (QED) is 0.395. The fourth-order valence-corrected chi connectivity index (χ4v) is 3.07. The number of nitrogens with one attached hydrogen (secondary N) is 2. The van der Waals surface area contributed by atoms with Gasteiger partial charge in [0.25, 0.3) is 5.91 Å². The number of esters is 2. The van der Waals surface area contributed by atoms with Crippen LogP contribution in [0.5, 0.6) is 0 Å². The molecule has 0 radical (unpaired) electrons. The fourth-order valence-electron chi connectivity index (χ4n) is 3.07. The van der Waals surface area contributed by atoms with Crippen LogP contribution < -0.4 is 10.6 Å². The summed E-state index contributed by atoms with van der Waals surface area (Å²) < 4.78 is 10.1. The van der Waals surface area contributed by atoms with E-state index in [0.717, 1.165) is 6.42 Å². The Balaban J connectivity index is 2.84. The SMILES string of the molecule is C=CCOC(=O)[C@@H](NC(=O)[C@@H](NC(=O)[C@@H]1OC(=O)[C@H]1[C@@H](C)CC)C(C)C)C(C)C. The van der Waals surface area contributed by atoms with E-state index in [1.54, 1.807) is 27.7 Å². The standard InChI is InChI=1S/C21H34N2O6/c1-8-10-28-21(27)16(12(5)6)23-18(24)15(11(3)4)22-19(25)17-14(13(7)9-2)20(26)29-17/h8,11-17H,1,9-10H2,2-7H3,(H,22,25)(H,23,24)/t13-,14-,15-,16-,17+/m0/s1. The van der Waals surface area contributed by atoms with Crippen molar-refractivity contribution in [2.45, 2.75) is 66.2 Å². The van der Waals surface area contributed by atoms with Crippen LogP contribution in [-0.2, 0) is 28.7 Å². The lowest BCUT2D eigenvalue weighted by molar-refractivity contribution is -0.193. The number of cyclic esters (lactones) is 1. The van der Waals surface area contributed by atoms with Gasteiger partial charge in [0.05, 0.1) is 0 Å². The molecule has 0 aliphatic carbocycles. The van der Waals surface area contributed by atoms with Crippen LogP contribution in [0.4, 0.5) is 0 Å². The molecule has 1 aliphatic heterocycles. The van der Waals surface area contributed by atoms with Gasteiger partial charge in [0.15, 0.2) is 6.10 Å². The molecule has 1 saturated heterocycles. The van der Waals surface area contributed by atoms with Gasteiger partial charge in [-0.25, -0.2) is 4.79 Å². The minimum absolute atomic E-state index is 0.00304. The average Bonchev–Trinajstić information content (AvgIpc) is 2.65. The maximum Gasteiger partial charge on any atom is 0.329 e. The van der Waals surface area contributed by atoms with E-state index in [4.69, 9.17) is 9.47 Å². The van der Waals surface area contributed by atoms with Crippen molar-refractivity contribution in [3.8, 4) is 0 Å². The Kier molecular flexibility index (Phi) is 9.33. The molecule has 2 amide bonds. The summed E-state index contributed by atoms with van der Waals surface area (Å²) in [5, 5.41) is 5.35. The molecule has 164 valence electrons. The summed E-state index contributed by atoms with van der Waals surface area (Å²) in [5.41, 5.74) is 0. The highest BCUT2D eigenvalue weighted by atomic mass is 16.6. The van der Waals surface area contributed by atoms with Crippen molar-refractivity contribution in [1.82, 2.24) is 10.6 Å². The van der Waals surface area contributed by atoms with Crippen LogP contribution >= 0.6 is 0 Å². The van der Waals surface area contributed by atoms with Crippen molar-refractivity contribution < 1.29 is 28.7 Å². The smallest absolute Gasteiger partial charge is 0.329 e. The Hall–Kier alpha value is -2.38. The molecule has 0 bridgehead atoms. The third-order valence-corrected chi connectivity index (χ3v) is 5.17. The maximum absolute atomic E-state index is 12.8. The lowest BCUT2D eigenvalue weighted by Gasteiger charge is -2.38. The molecule has 8 nitrogen and oxygen atoms in total. The zero-order valence-corrected chi connectivity index (χ0v) is 18.2. The summed E-state index contributed by atoms with van der Waals surface area (Å²) in [4.78, 5) is 49.4. The second kappa shape index (κ2) is 11.0. The van der Waals surface area contributed by atoms with Gasteiger partial charge in [-0.1, -0.05) is 60.6 Å². The molecule has 1 rings (SSSR count). The van der Waals surface area contributed by atoms with Crippen molar-refractivity contribution >= 4 is 23.8 Å². The highest BCUT2D eigenvalue weighted by Crippen LogP contribution is 2.31. The molecule has 2 N–H and O–H groups in total. The second-order valence-corrected chi connectivity index (χ2v) is 8.15. The monoisotopic (exact) mass is 410 g/mol. The Morgan fingerprint density at radius 3 is 2.14 bits per heavy atom. The van der Waals surface area contributed by atoms with Crippen molar-refractivity contribution in [3.63, 3.8) is 0 Å². The number of rotatable bonds is 11. The summed E-state index contributed by atoms with van der Waals surface area (Å²) >= 11 is 0. The van der Waals surface area contributed by atoms with Gasteiger partial charge >= 0.3 is 11.9 Å². The van der Waals surface area contributed by atoms with Crippen LogP contribution in [0.1, 0.15) is 48.0 Å². The number of carbonyl (C=O) groups is 4. The van der Waals surface area contributed by atoms with Gasteiger partial charge in [0.1, 0.15) is 24.6 Å². The Bertz CT molecular complexity index is 631. The molecule has 8 heteroatoms. The summed E-state index contributed by atoms with van der Waals surface area (Å²) in [6, 6.07) is -1.73. The average molecular weight is 411 g/mol. The van der Waals surface area contributed by atoms with Crippen molar-refractivity contribution in [1.29, 1.82) is 0 Å². The van der Waals surface area contributed by atoms with E-state index in [1.165, 1.54) is 6.08 Å². The molecule has 0 aromatic rings. The highest BCUT2D eigenvalue weighted by Gasteiger charge is 2.50. The van der Waals surface area contributed by atoms with Crippen LogP contribution in [0.15, 0.2) is 12.7 Å². The van der Waals surface area contributed by atoms with E-state index in [1.807, 2.05) is 13.8 Å². The Morgan fingerprint density at radius 1 is 1.10 bits per heavy atom. The molecule has 1 aliphatic rings. The lowest BCUT2D eigenvalue weighted by Crippen LogP contribution is -2.61. The molecule has 0 saturated carbocycles. The van der Waals surface area contributed by atoms with Gasteiger partial charge in [0, 0.05) is 0 Å². The summed E-state index contributed by atoms with van der Waals surface area (Å²) in [5.74, 6) is -2.90. The minimum atomic E-state index is -0.898. The molecule has 1 heterocycles. The van der Waals surface area contributed by atoms with E-state index in [2.05, 4.69) is 17.2 Å². The molecule has 5 atom stereocenters. The molecule has 0 aromatic heterocycles. The predicted octanol–water partition coefficient (Wildman–Crippen LogP) is 1.58. The zero-order chi connectivity index (χ0) is 22.3. The molecule has 1 fully saturated rings. The fraction of sp³-hybridized carbons (Fsp3) is 0.714. The topological polar surface area (TPSA) is 111 Å². The third-order valence-electron chi connectivity index (χ3n) is 5.17. The maximum atomic E-state index is 12.8. The third kappa shape index (κ3) is 6.30. The van der Waals surface area contributed by atoms with E-state index >= 15 is 0 Å². The van der Waals surface area contributed by atoms with E-state index < -0.39 is 47.9 Å². The van der Waals surface area contributed by atoms with E-state index in [9.17, 15) is 19.2 Å². The first-order valence-corrected chi connectivity index (χ1v) is 10.1. The summed E-state index contributed by atoms with van der Waals surface area (Å²) in [6.07, 6.45) is 1.28. The number of hydrogen-bond donors (Lipinski definition) is 2. The van der Waals surface area contributed by atoms with Gasteiger partial charge in [0.2, 0.25) is 5.91 Å². The van der Waals surface area contributed by atoms with Crippen LogP contribution in [0.25, 0.3) is 0 Å². The Morgan fingerprint density at radius 2 is 1.69 bits per heavy atom. The molecule has 0 unspecified atom stereocenters. The van der Waals surface area contributed by atoms with Crippen molar-refractivity contribution in [2.24, 2.45) is 23.7 Å². The number of amides is 2. The number of carbonyl (C=O) groups excluding carboxylic acids is 4. The first-order valence-electron chi connectivity index (χ1n) is 10.1. The molecular weight excluding hydrogens is 376 g/mol. The first-order chi connectivity index (χ1) is 13.5. The van der Waals surface area contributed by atoms with Crippen LogP contribution in [0.2, 0.25) is 0 Å². The summed E-state index contributed by atoms with van der Waals surface area (Å²) in [6.45, 7) is 14.5. The first kappa shape index (κ1) is 24.7. The van der Waals surface area contributed by atoms with Crippen LogP contribution in [0, 0.1) is 23.7 Å². The minimum Gasteiger partial charge on any atom is -0.460 e. The second-order valence-electron chi connectivity index (χ2n) is 8.15. The molecule has 0 spiro atoms. The normalized spacial score (nSPS) is 21.4. The van der Waals surface area contributed by atoms with E-state index in [-0.39, 0.29) is 24.4 Å².